The van der Waals surface area contributed by atoms with Gasteiger partial charge in [-0.3, -0.25) is 14.4 Å². The van der Waals surface area contributed by atoms with Crippen LogP contribution in [0.4, 0.5) is 0 Å². The van der Waals surface area contributed by atoms with Crippen LogP contribution < -0.4 is 10.6 Å². The number of carbonyl (C=O) groups is 3. The number of nitrogens with one attached hydrogen (secondary N) is 2. The Balaban J connectivity index is 2.39. The highest BCUT2D eigenvalue weighted by molar-refractivity contribution is 6.13. The van der Waals surface area contributed by atoms with Crippen LogP contribution in [-0.2, 0) is 20.9 Å². The van der Waals surface area contributed by atoms with Crippen molar-refractivity contribution in [2.75, 3.05) is 14.1 Å². The zero-order chi connectivity index (χ0) is 16.3. The Labute approximate surface area is 127 Å². The van der Waals surface area contributed by atoms with Gasteiger partial charge in [0.1, 0.15) is 6.04 Å². The van der Waals surface area contributed by atoms with Crippen LogP contribution in [0.3, 0.4) is 0 Å². The maximum absolute atomic E-state index is 12.2. The van der Waals surface area contributed by atoms with Crippen LogP contribution in [0.15, 0.2) is 41.7 Å². The van der Waals surface area contributed by atoms with Gasteiger partial charge in [-0.15, -0.1) is 0 Å². The van der Waals surface area contributed by atoms with Gasteiger partial charge in [0, 0.05) is 20.6 Å². The van der Waals surface area contributed by atoms with E-state index >= 15 is 0 Å². The Morgan fingerprint density at radius 1 is 1.18 bits per heavy atom. The highest BCUT2D eigenvalue weighted by Gasteiger charge is 2.46. The topological polar surface area (TPSA) is 98.7 Å². The lowest BCUT2D eigenvalue weighted by Crippen LogP contribution is -2.47. The van der Waals surface area contributed by atoms with Gasteiger partial charge in [0.15, 0.2) is 5.76 Å². The number of amides is 3. The first-order chi connectivity index (χ1) is 10.5. The molecule has 1 aliphatic rings. The Kier molecular flexibility index (Phi) is 4.45. The highest BCUT2D eigenvalue weighted by atomic mass is 16.3. The zero-order valence-corrected chi connectivity index (χ0v) is 12.3. The number of carbonyl (C=O) groups excluding carboxylic acids is 3. The molecule has 7 heteroatoms. The monoisotopic (exact) mass is 303 g/mol. The molecule has 0 saturated heterocycles. The third kappa shape index (κ3) is 2.65. The smallest absolute Gasteiger partial charge is 0.290 e. The van der Waals surface area contributed by atoms with Crippen LogP contribution in [-0.4, -0.2) is 47.9 Å². The van der Waals surface area contributed by atoms with Crippen molar-refractivity contribution in [1.82, 2.24) is 15.5 Å². The molecule has 3 amide bonds. The minimum Gasteiger partial charge on any atom is -0.503 e. The standard InChI is InChI=1S/C15H17N3O4/c1-16-13(20)10-11(14(21)17-2)18(15(22)12(10)19)8-9-6-4-3-5-7-9/h3-7,11,19H,8H2,1-2H3,(H,16,20)(H,17,21)/t11-/m1/s1. The van der Waals surface area contributed by atoms with Crippen LogP contribution in [0.1, 0.15) is 5.56 Å². The lowest BCUT2D eigenvalue weighted by molar-refractivity contribution is -0.136. The van der Waals surface area contributed by atoms with Gasteiger partial charge in [0.25, 0.3) is 11.8 Å². The summed E-state index contributed by atoms with van der Waals surface area (Å²) in [7, 11) is 2.78. The fraction of sp³-hybridized carbons (Fsp3) is 0.267. The molecular weight excluding hydrogens is 286 g/mol. The summed E-state index contributed by atoms with van der Waals surface area (Å²) in [6.45, 7) is 0.113. The van der Waals surface area contributed by atoms with E-state index in [2.05, 4.69) is 10.6 Å². The van der Waals surface area contributed by atoms with E-state index in [1.165, 1.54) is 19.0 Å². The average molecular weight is 303 g/mol. The molecule has 0 saturated carbocycles. The second kappa shape index (κ2) is 6.30. The first-order valence-corrected chi connectivity index (χ1v) is 6.73. The average Bonchev–Trinajstić information content (AvgIpc) is 2.79. The Hall–Kier alpha value is -2.83. The number of nitrogens with zero attached hydrogens (tertiary/aromatic N) is 1. The number of hydrogen-bond donors (Lipinski definition) is 3. The molecule has 1 aromatic carbocycles. The predicted octanol–water partition coefficient (Wildman–Crippen LogP) is -0.299. The molecule has 1 aromatic rings. The normalized spacial score (nSPS) is 17.6. The van der Waals surface area contributed by atoms with Crippen molar-refractivity contribution in [3.8, 4) is 0 Å². The number of likely N-dealkylation sites (N-methyl/N-ethyl adjacent to an activating group) is 2. The summed E-state index contributed by atoms with van der Waals surface area (Å²) in [5.41, 5.74) is 0.554. The SMILES string of the molecule is CNC(=O)C1=C(O)C(=O)N(Cc2ccccc2)[C@H]1C(=O)NC. The number of aliphatic hydroxyl groups is 1. The van der Waals surface area contributed by atoms with Gasteiger partial charge < -0.3 is 20.6 Å². The van der Waals surface area contributed by atoms with Crippen molar-refractivity contribution in [3.63, 3.8) is 0 Å². The van der Waals surface area contributed by atoms with Gasteiger partial charge in [-0.2, -0.15) is 0 Å². The molecule has 1 atom stereocenters. The van der Waals surface area contributed by atoms with Gasteiger partial charge in [0.05, 0.1) is 5.57 Å². The van der Waals surface area contributed by atoms with E-state index in [1.807, 2.05) is 6.07 Å². The molecule has 22 heavy (non-hydrogen) atoms. The highest BCUT2D eigenvalue weighted by Crippen LogP contribution is 2.27. The van der Waals surface area contributed by atoms with Gasteiger partial charge in [-0.1, -0.05) is 30.3 Å². The van der Waals surface area contributed by atoms with E-state index in [1.54, 1.807) is 24.3 Å². The molecule has 2 rings (SSSR count). The fourth-order valence-corrected chi connectivity index (χ4v) is 2.37. The third-order valence-electron chi connectivity index (χ3n) is 3.47. The van der Waals surface area contributed by atoms with Gasteiger partial charge >= 0.3 is 0 Å². The lowest BCUT2D eigenvalue weighted by Gasteiger charge is -2.24. The van der Waals surface area contributed by atoms with E-state index in [0.29, 0.717) is 0 Å². The lowest BCUT2D eigenvalue weighted by atomic mass is 10.1. The van der Waals surface area contributed by atoms with Crippen molar-refractivity contribution in [2.45, 2.75) is 12.6 Å². The molecule has 0 radical (unpaired) electrons. The summed E-state index contributed by atoms with van der Waals surface area (Å²) in [5.74, 6) is -2.62. The van der Waals surface area contributed by atoms with E-state index in [4.69, 9.17) is 0 Å². The predicted molar refractivity (Wildman–Crippen MR) is 78.6 cm³/mol. The molecule has 3 N–H and O–H groups in total. The first-order valence-electron chi connectivity index (χ1n) is 6.73. The van der Waals surface area contributed by atoms with Crippen LogP contribution in [0, 0.1) is 0 Å². The molecule has 0 aromatic heterocycles. The van der Waals surface area contributed by atoms with Crippen LogP contribution in [0.5, 0.6) is 0 Å². The van der Waals surface area contributed by atoms with Crippen molar-refractivity contribution in [1.29, 1.82) is 0 Å². The fourth-order valence-electron chi connectivity index (χ4n) is 2.37. The van der Waals surface area contributed by atoms with Crippen molar-refractivity contribution in [3.05, 3.63) is 47.2 Å². The molecule has 1 aliphatic heterocycles. The molecule has 0 unspecified atom stereocenters. The van der Waals surface area contributed by atoms with E-state index < -0.39 is 29.5 Å². The van der Waals surface area contributed by atoms with Crippen molar-refractivity contribution >= 4 is 17.7 Å². The summed E-state index contributed by atoms with van der Waals surface area (Å²) < 4.78 is 0. The number of hydrogen-bond acceptors (Lipinski definition) is 4. The molecule has 0 bridgehead atoms. The quantitative estimate of drug-likeness (QED) is 0.711. The Morgan fingerprint density at radius 3 is 2.36 bits per heavy atom. The van der Waals surface area contributed by atoms with Crippen LogP contribution >= 0.6 is 0 Å². The van der Waals surface area contributed by atoms with Gasteiger partial charge in [-0.25, -0.2) is 0 Å². The summed E-state index contributed by atoms with van der Waals surface area (Å²) in [4.78, 5) is 37.4. The maximum atomic E-state index is 12.2. The summed E-state index contributed by atoms with van der Waals surface area (Å²) in [5, 5.41) is 14.7. The van der Waals surface area contributed by atoms with Gasteiger partial charge in [0.2, 0.25) is 5.91 Å². The first kappa shape index (κ1) is 15.6. The van der Waals surface area contributed by atoms with Crippen molar-refractivity contribution in [2.24, 2.45) is 0 Å². The number of rotatable bonds is 4. The summed E-state index contributed by atoms with van der Waals surface area (Å²) in [6, 6.07) is 7.87. The molecule has 0 aliphatic carbocycles. The summed E-state index contributed by atoms with van der Waals surface area (Å²) >= 11 is 0. The minimum absolute atomic E-state index is 0.113. The maximum Gasteiger partial charge on any atom is 0.290 e. The zero-order valence-electron chi connectivity index (χ0n) is 12.3. The largest absolute Gasteiger partial charge is 0.503 e. The number of benzene rings is 1. The van der Waals surface area contributed by atoms with E-state index in [-0.39, 0.29) is 12.1 Å². The molecule has 1 heterocycles. The Bertz CT molecular complexity index is 639. The van der Waals surface area contributed by atoms with Crippen molar-refractivity contribution < 1.29 is 19.5 Å². The summed E-state index contributed by atoms with van der Waals surface area (Å²) in [6.07, 6.45) is 0. The second-order valence-corrected chi connectivity index (χ2v) is 4.78. The van der Waals surface area contributed by atoms with Crippen LogP contribution in [0.25, 0.3) is 0 Å². The number of aliphatic hydroxyl groups excluding tert-OH is 1. The Morgan fingerprint density at radius 2 is 1.82 bits per heavy atom. The molecule has 0 fully saturated rings. The van der Waals surface area contributed by atoms with E-state index in [0.717, 1.165) is 5.56 Å². The van der Waals surface area contributed by atoms with Gasteiger partial charge in [-0.05, 0) is 5.56 Å². The molecule has 116 valence electrons. The second-order valence-electron chi connectivity index (χ2n) is 4.78. The molecular formula is C15H17N3O4. The molecule has 0 spiro atoms. The minimum atomic E-state index is -1.15. The van der Waals surface area contributed by atoms with E-state index in [9.17, 15) is 19.5 Å². The molecule has 7 nitrogen and oxygen atoms in total. The third-order valence-corrected chi connectivity index (χ3v) is 3.47. The van der Waals surface area contributed by atoms with Crippen LogP contribution in [0.2, 0.25) is 0 Å².